The van der Waals surface area contributed by atoms with Gasteiger partial charge in [0.25, 0.3) is 0 Å². The molecule has 3 unspecified atom stereocenters. The lowest BCUT2D eigenvalue weighted by Gasteiger charge is -2.42. The van der Waals surface area contributed by atoms with Crippen molar-refractivity contribution in [3.05, 3.63) is 0 Å². The second kappa shape index (κ2) is 9.42. The highest BCUT2D eigenvalue weighted by molar-refractivity contribution is 5.81. The maximum absolute atomic E-state index is 12.5. The summed E-state index contributed by atoms with van der Waals surface area (Å²) in [6, 6.07) is 0.708. The molecule has 4 heteroatoms. The number of nitrogens with one attached hydrogen (secondary N) is 1. The van der Waals surface area contributed by atoms with Crippen LogP contribution in [0, 0.1) is 5.92 Å². The molecule has 3 N–H and O–H groups in total. The molecule has 0 aromatic carbocycles. The van der Waals surface area contributed by atoms with Gasteiger partial charge in [0.2, 0.25) is 5.91 Å². The predicted molar refractivity (Wildman–Crippen MR) is 89.2 cm³/mol. The zero-order valence-corrected chi connectivity index (χ0v) is 14.4. The summed E-state index contributed by atoms with van der Waals surface area (Å²) in [5.74, 6) is 0.717. The van der Waals surface area contributed by atoms with Gasteiger partial charge >= 0.3 is 0 Å². The van der Waals surface area contributed by atoms with Crippen LogP contribution in [0.25, 0.3) is 0 Å². The summed E-state index contributed by atoms with van der Waals surface area (Å²) in [5.41, 5.74) is 5.96. The van der Waals surface area contributed by atoms with Gasteiger partial charge < -0.3 is 11.1 Å². The molecule has 0 aromatic heterocycles. The first-order valence-corrected chi connectivity index (χ1v) is 8.85. The monoisotopic (exact) mass is 297 g/mol. The fraction of sp³-hybridized carbons (Fsp3) is 0.941. The zero-order valence-electron chi connectivity index (χ0n) is 14.4. The van der Waals surface area contributed by atoms with Crippen molar-refractivity contribution in [1.29, 1.82) is 0 Å². The van der Waals surface area contributed by atoms with Crippen LogP contribution in [0.1, 0.15) is 66.2 Å². The molecule has 3 atom stereocenters. The average molecular weight is 297 g/mol. The summed E-state index contributed by atoms with van der Waals surface area (Å²) >= 11 is 0. The van der Waals surface area contributed by atoms with E-state index < -0.39 is 0 Å². The molecule has 0 spiro atoms. The molecule has 0 aromatic rings. The maximum Gasteiger partial charge on any atom is 0.237 e. The second-order valence-electron chi connectivity index (χ2n) is 6.38. The minimum absolute atomic E-state index is 0.0623. The number of carbonyl (C=O) groups excluding carboxylic acids is 1. The number of likely N-dealkylation sites (N-methyl/N-ethyl adjacent to an activating group) is 1. The molecule has 1 saturated carbocycles. The zero-order chi connectivity index (χ0) is 15.8. The van der Waals surface area contributed by atoms with Crippen molar-refractivity contribution in [2.45, 2.75) is 84.3 Å². The Bertz CT molecular complexity index is 304. The Morgan fingerprint density at radius 3 is 2.38 bits per heavy atom. The lowest BCUT2D eigenvalue weighted by atomic mass is 9.83. The highest BCUT2D eigenvalue weighted by Gasteiger charge is 2.33. The molecule has 21 heavy (non-hydrogen) atoms. The average Bonchev–Trinajstić information content (AvgIpc) is 2.53. The van der Waals surface area contributed by atoms with Gasteiger partial charge in [0.05, 0.1) is 6.04 Å². The third kappa shape index (κ3) is 4.96. The minimum atomic E-state index is -0.0623. The molecule has 0 bridgehead atoms. The maximum atomic E-state index is 12.5. The molecule has 1 rings (SSSR count). The van der Waals surface area contributed by atoms with E-state index in [9.17, 15) is 4.79 Å². The molecular formula is C17H35N3O. The molecule has 1 aliphatic rings. The van der Waals surface area contributed by atoms with E-state index >= 15 is 0 Å². The van der Waals surface area contributed by atoms with Gasteiger partial charge in [0.1, 0.15) is 0 Å². The molecule has 1 fully saturated rings. The molecule has 0 aliphatic heterocycles. The van der Waals surface area contributed by atoms with Gasteiger partial charge in [-0.25, -0.2) is 0 Å². The van der Waals surface area contributed by atoms with Crippen molar-refractivity contribution < 1.29 is 4.79 Å². The van der Waals surface area contributed by atoms with Crippen molar-refractivity contribution in [3.63, 3.8) is 0 Å². The quantitative estimate of drug-likeness (QED) is 0.724. The van der Waals surface area contributed by atoms with E-state index in [1.165, 1.54) is 25.7 Å². The topological polar surface area (TPSA) is 58.4 Å². The third-order valence-electron chi connectivity index (χ3n) is 5.17. The SMILES string of the molecule is CCC(CC)NC(=O)C(C)N(CC)C1CCCCC1CN. The largest absolute Gasteiger partial charge is 0.352 e. The molecule has 0 heterocycles. The van der Waals surface area contributed by atoms with E-state index in [1.54, 1.807) is 0 Å². The highest BCUT2D eigenvalue weighted by atomic mass is 16.2. The summed E-state index contributed by atoms with van der Waals surface area (Å²) in [7, 11) is 0. The van der Waals surface area contributed by atoms with E-state index in [2.05, 4.69) is 31.0 Å². The fourth-order valence-corrected chi connectivity index (χ4v) is 3.66. The van der Waals surface area contributed by atoms with Gasteiger partial charge in [0.15, 0.2) is 0 Å². The van der Waals surface area contributed by atoms with Crippen LogP contribution in [0.3, 0.4) is 0 Å². The number of hydrogen-bond acceptors (Lipinski definition) is 3. The van der Waals surface area contributed by atoms with Crippen LogP contribution in [0.2, 0.25) is 0 Å². The molecular weight excluding hydrogens is 262 g/mol. The van der Waals surface area contributed by atoms with Crippen LogP contribution in [0.5, 0.6) is 0 Å². The molecule has 0 radical (unpaired) electrons. The van der Waals surface area contributed by atoms with Crippen LogP contribution < -0.4 is 11.1 Å². The summed E-state index contributed by atoms with van der Waals surface area (Å²) < 4.78 is 0. The predicted octanol–water partition coefficient (Wildman–Crippen LogP) is 2.52. The lowest BCUT2D eigenvalue weighted by Crippen LogP contribution is -2.55. The summed E-state index contributed by atoms with van der Waals surface area (Å²) in [6.07, 6.45) is 6.92. The van der Waals surface area contributed by atoms with Crippen molar-refractivity contribution in [2.75, 3.05) is 13.1 Å². The second-order valence-corrected chi connectivity index (χ2v) is 6.38. The van der Waals surface area contributed by atoms with Gasteiger partial charge in [-0.3, -0.25) is 9.69 Å². The number of hydrogen-bond donors (Lipinski definition) is 2. The normalized spacial score (nSPS) is 24.3. The lowest BCUT2D eigenvalue weighted by molar-refractivity contribution is -0.128. The fourth-order valence-electron chi connectivity index (χ4n) is 3.66. The van der Waals surface area contributed by atoms with Crippen molar-refractivity contribution in [3.8, 4) is 0 Å². The minimum Gasteiger partial charge on any atom is -0.352 e. The van der Waals surface area contributed by atoms with Crippen LogP contribution in [-0.4, -0.2) is 42.0 Å². The van der Waals surface area contributed by atoms with Gasteiger partial charge in [0, 0.05) is 12.1 Å². The summed E-state index contributed by atoms with van der Waals surface area (Å²) in [5, 5.41) is 3.19. The van der Waals surface area contributed by atoms with Crippen molar-refractivity contribution in [1.82, 2.24) is 10.2 Å². The van der Waals surface area contributed by atoms with Gasteiger partial charge in [-0.15, -0.1) is 0 Å². The smallest absolute Gasteiger partial charge is 0.237 e. The van der Waals surface area contributed by atoms with Crippen LogP contribution in [-0.2, 0) is 4.79 Å². The standard InChI is InChI=1S/C17H35N3O/c1-5-15(6-2)19-17(21)13(4)20(7-3)16-11-9-8-10-14(16)12-18/h13-16H,5-12,18H2,1-4H3,(H,19,21). The Labute approximate surface area is 130 Å². The number of rotatable bonds is 8. The van der Waals surface area contributed by atoms with E-state index in [4.69, 9.17) is 5.73 Å². The molecule has 0 saturated heterocycles. The Hall–Kier alpha value is -0.610. The molecule has 124 valence electrons. The first-order chi connectivity index (χ1) is 10.1. The Kier molecular flexibility index (Phi) is 8.27. The van der Waals surface area contributed by atoms with Crippen molar-refractivity contribution >= 4 is 5.91 Å². The first kappa shape index (κ1) is 18.4. The van der Waals surface area contributed by atoms with Crippen LogP contribution in [0.4, 0.5) is 0 Å². The Balaban J connectivity index is 2.70. The van der Waals surface area contributed by atoms with E-state index in [0.717, 1.165) is 25.9 Å². The van der Waals surface area contributed by atoms with Gasteiger partial charge in [-0.1, -0.05) is 33.6 Å². The molecule has 1 amide bonds. The van der Waals surface area contributed by atoms with E-state index in [1.807, 2.05) is 6.92 Å². The Morgan fingerprint density at radius 2 is 1.86 bits per heavy atom. The van der Waals surface area contributed by atoms with E-state index in [-0.39, 0.29) is 11.9 Å². The Morgan fingerprint density at radius 1 is 1.24 bits per heavy atom. The van der Waals surface area contributed by atoms with Crippen LogP contribution in [0.15, 0.2) is 0 Å². The third-order valence-corrected chi connectivity index (χ3v) is 5.17. The number of amides is 1. The summed E-state index contributed by atoms with van der Waals surface area (Å²) in [6.45, 7) is 10.1. The highest BCUT2D eigenvalue weighted by Crippen LogP contribution is 2.29. The van der Waals surface area contributed by atoms with Crippen LogP contribution >= 0.6 is 0 Å². The first-order valence-electron chi connectivity index (χ1n) is 8.85. The summed E-state index contributed by atoms with van der Waals surface area (Å²) in [4.78, 5) is 14.9. The van der Waals surface area contributed by atoms with E-state index in [0.29, 0.717) is 18.0 Å². The number of nitrogens with two attached hydrogens (primary N) is 1. The molecule has 1 aliphatic carbocycles. The van der Waals surface area contributed by atoms with Crippen molar-refractivity contribution in [2.24, 2.45) is 11.7 Å². The number of nitrogens with zero attached hydrogens (tertiary/aromatic N) is 1. The number of carbonyl (C=O) groups is 1. The molecule has 4 nitrogen and oxygen atoms in total. The van der Waals surface area contributed by atoms with Gasteiger partial charge in [-0.05, 0) is 51.6 Å². The van der Waals surface area contributed by atoms with Gasteiger partial charge in [-0.2, -0.15) is 0 Å².